The van der Waals surface area contributed by atoms with Crippen molar-refractivity contribution in [2.45, 2.75) is 37.3 Å². The lowest BCUT2D eigenvalue weighted by Gasteiger charge is -2.46. The minimum Gasteiger partial charge on any atom is -0.465 e. The van der Waals surface area contributed by atoms with E-state index < -0.39 is 42.2 Å². The maximum absolute atomic E-state index is 14.8. The molecule has 3 amide bonds. The van der Waals surface area contributed by atoms with Crippen LogP contribution in [0.3, 0.4) is 0 Å². The number of imide groups is 1. The zero-order valence-corrected chi connectivity index (χ0v) is 19.7. The van der Waals surface area contributed by atoms with Crippen molar-refractivity contribution in [3.8, 4) is 0 Å². The summed E-state index contributed by atoms with van der Waals surface area (Å²) in [5.41, 5.74) is 0.634. The SMILES string of the molecule is Cn1c(=O)n(C2CCC(=O)NC2=O)c2ccnc(N3CCN([C@@H]4CCN(C(=O)O)CC4(F)F)CC3)c21. The van der Waals surface area contributed by atoms with Crippen LogP contribution in [0.4, 0.5) is 19.4 Å². The number of nitrogens with one attached hydrogen (secondary N) is 1. The first-order valence-corrected chi connectivity index (χ1v) is 11.8. The van der Waals surface area contributed by atoms with Gasteiger partial charge in [0, 0.05) is 52.4 Å². The maximum atomic E-state index is 14.8. The zero-order chi connectivity index (χ0) is 25.8. The summed E-state index contributed by atoms with van der Waals surface area (Å²) in [5.74, 6) is -3.53. The second kappa shape index (κ2) is 8.84. The second-order valence-corrected chi connectivity index (χ2v) is 9.47. The Bertz CT molecular complexity index is 1280. The van der Waals surface area contributed by atoms with Gasteiger partial charge in [-0.3, -0.25) is 28.9 Å². The summed E-state index contributed by atoms with van der Waals surface area (Å²) < 4.78 is 32.3. The molecule has 2 atom stereocenters. The molecule has 36 heavy (non-hydrogen) atoms. The first kappa shape index (κ1) is 24.2. The fourth-order valence-corrected chi connectivity index (χ4v) is 5.56. The van der Waals surface area contributed by atoms with E-state index in [2.05, 4.69) is 10.3 Å². The van der Waals surface area contributed by atoms with Gasteiger partial charge in [-0.05, 0) is 18.9 Å². The lowest BCUT2D eigenvalue weighted by molar-refractivity contribution is -0.135. The van der Waals surface area contributed by atoms with Crippen molar-refractivity contribution in [1.82, 2.24) is 29.2 Å². The van der Waals surface area contributed by atoms with Gasteiger partial charge in [-0.25, -0.2) is 23.4 Å². The quantitative estimate of drug-likeness (QED) is 0.564. The van der Waals surface area contributed by atoms with E-state index in [4.69, 9.17) is 5.11 Å². The predicted octanol–water partition coefficient (Wildman–Crippen LogP) is 0.222. The summed E-state index contributed by atoms with van der Waals surface area (Å²) in [6.45, 7) is 0.676. The highest BCUT2D eigenvalue weighted by atomic mass is 19.3. The molecule has 14 heteroatoms. The molecule has 5 rings (SSSR count). The number of rotatable bonds is 3. The van der Waals surface area contributed by atoms with Crippen molar-refractivity contribution in [3.05, 3.63) is 22.7 Å². The summed E-state index contributed by atoms with van der Waals surface area (Å²) in [6, 6.07) is -0.210. The van der Waals surface area contributed by atoms with E-state index in [1.165, 1.54) is 9.13 Å². The minimum atomic E-state index is -3.15. The van der Waals surface area contributed by atoms with Crippen molar-refractivity contribution in [3.63, 3.8) is 0 Å². The largest absolute Gasteiger partial charge is 0.465 e. The van der Waals surface area contributed by atoms with Crippen molar-refractivity contribution in [2.75, 3.05) is 44.2 Å². The Hall–Kier alpha value is -3.55. The Morgan fingerprint density at radius 3 is 2.50 bits per heavy atom. The number of alkyl halides is 2. The van der Waals surface area contributed by atoms with Crippen LogP contribution in [0.5, 0.6) is 0 Å². The number of piperazine rings is 1. The molecule has 2 aromatic heterocycles. The summed E-state index contributed by atoms with van der Waals surface area (Å²) in [7, 11) is 1.59. The highest BCUT2D eigenvalue weighted by Crippen LogP contribution is 2.33. The number of anilines is 1. The highest BCUT2D eigenvalue weighted by Gasteiger charge is 2.49. The van der Waals surface area contributed by atoms with Gasteiger partial charge in [-0.15, -0.1) is 0 Å². The molecule has 0 spiro atoms. The Morgan fingerprint density at radius 1 is 1.14 bits per heavy atom. The first-order chi connectivity index (χ1) is 17.1. The highest BCUT2D eigenvalue weighted by molar-refractivity contribution is 6.00. The molecule has 5 heterocycles. The zero-order valence-electron chi connectivity index (χ0n) is 19.7. The van der Waals surface area contributed by atoms with E-state index in [0.29, 0.717) is 43.0 Å². The van der Waals surface area contributed by atoms with E-state index in [-0.39, 0.29) is 31.7 Å². The van der Waals surface area contributed by atoms with Crippen LogP contribution >= 0.6 is 0 Å². The van der Waals surface area contributed by atoms with Crippen LogP contribution in [0.25, 0.3) is 11.0 Å². The minimum absolute atomic E-state index is 0.0520. The number of aryl methyl sites for hydroxylation is 1. The molecule has 0 radical (unpaired) electrons. The number of halogens is 2. The summed E-state index contributed by atoms with van der Waals surface area (Å²) in [5, 5.41) is 11.4. The number of amides is 3. The number of likely N-dealkylation sites (tertiary alicyclic amines) is 1. The Morgan fingerprint density at radius 2 is 1.86 bits per heavy atom. The van der Waals surface area contributed by atoms with Crippen LogP contribution in [-0.4, -0.2) is 98.2 Å². The van der Waals surface area contributed by atoms with Crippen LogP contribution in [-0.2, 0) is 16.6 Å². The lowest BCUT2D eigenvalue weighted by atomic mass is 9.98. The van der Waals surface area contributed by atoms with Gasteiger partial charge in [0.25, 0.3) is 5.92 Å². The number of carbonyl (C=O) groups excluding carboxylic acids is 2. The number of aromatic nitrogens is 3. The fraction of sp³-hybridized carbons (Fsp3) is 0.591. The van der Waals surface area contributed by atoms with Crippen molar-refractivity contribution in [1.29, 1.82) is 0 Å². The van der Waals surface area contributed by atoms with Gasteiger partial charge >= 0.3 is 11.8 Å². The monoisotopic (exact) mass is 507 g/mol. The van der Waals surface area contributed by atoms with Crippen molar-refractivity contribution < 1.29 is 28.3 Å². The normalized spacial score (nSPS) is 25.3. The molecule has 1 unspecified atom stereocenters. The van der Waals surface area contributed by atoms with Gasteiger partial charge < -0.3 is 14.9 Å². The smallest absolute Gasteiger partial charge is 0.407 e. The molecule has 12 nitrogen and oxygen atoms in total. The molecule has 0 aliphatic carbocycles. The standard InChI is InChI=1S/C22H27F2N7O5/c1-27-17-13(31(20(27)34)14-2-3-16(32)26-19(14)33)4-6-25-18(17)29-10-8-28(9-11-29)15-5-7-30(21(35)36)12-22(15,23)24/h4,6,14-15H,2-3,5,7-12H2,1H3,(H,35,36)(H,26,32,33)/t14?,15-/m1/s1. The molecule has 2 aromatic rings. The third-order valence-corrected chi connectivity index (χ3v) is 7.38. The first-order valence-electron chi connectivity index (χ1n) is 11.8. The van der Waals surface area contributed by atoms with Gasteiger partial charge in [-0.2, -0.15) is 0 Å². The second-order valence-electron chi connectivity index (χ2n) is 9.47. The van der Waals surface area contributed by atoms with Crippen LogP contribution in [0.1, 0.15) is 25.3 Å². The summed E-state index contributed by atoms with van der Waals surface area (Å²) >= 11 is 0. The van der Waals surface area contributed by atoms with Gasteiger partial charge in [0.2, 0.25) is 11.8 Å². The molecule has 3 aliphatic rings. The Kier molecular flexibility index (Phi) is 5.93. The van der Waals surface area contributed by atoms with Crippen molar-refractivity contribution >= 4 is 34.8 Å². The van der Waals surface area contributed by atoms with E-state index in [0.717, 1.165) is 4.90 Å². The van der Waals surface area contributed by atoms with Crippen LogP contribution in [0.15, 0.2) is 17.1 Å². The van der Waals surface area contributed by atoms with Crippen LogP contribution in [0, 0.1) is 0 Å². The third kappa shape index (κ3) is 3.98. The number of piperidine rings is 2. The number of carbonyl (C=O) groups is 3. The number of imidazole rings is 1. The van der Waals surface area contributed by atoms with E-state index in [1.807, 2.05) is 4.90 Å². The fourth-order valence-electron chi connectivity index (χ4n) is 5.56. The number of carboxylic acid groups (broad SMARTS) is 1. The molecule has 194 valence electrons. The van der Waals surface area contributed by atoms with Crippen molar-refractivity contribution in [2.24, 2.45) is 7.05 Å². The molecule has 3 saturated heterocycles. The molecular weight excluding hydrogens is 480 g/mol. The molecule has 3 fully saturated rings. The van der Waals surface area contributed by atoms with Crippen LogP contribution < -0.4 is 15.9 Å². The van der Waals surface area contributed by atoms with Gasteiger partial charge in [-0.1, -0.05) is 0 Å². The Labute approximate surface area is 204 Å². The van der Waals surface area contributed by atoms with Gasteiger partial charge in [0.1, 0.15) is 11.6 Å². The van der Waals surface area contributed by atoms with E-state index >= 15 is 0 Å². The number of nitrogens with zero attached hydrogens (tertiary/aromatic N) is 6. The van der Waals surface area contributed by atoms with E-state index in [1.54, 1.807) is 24.2 Å². The topological polar surface area (TPSA) is 133 Å². The molecular formula is C22H27F2N7O5. The molecule has 2 N–H and O–H groups in total. The summed E-state index contributed by atoms with van der Waals surface area (Å²) in [4.78, 5) is 57.1. The average molecular weight is 507 g/mol. The molecule has 3 aliphatic heterocycles. The maximum Gasteiger partial charge on any atom is 0.407 e. The Balaban J connectivity index is 1.38. The summed E-state index contributed by atoms with van der Waals surface area (Å²) in [6.07, 6.45) is 0.606. The molecule has 0 saturated carbocycles. The average Bonchev–Trinajstić information content (AvgIpc) is 3.09. The van der Waals surface area contributed by atoms with Crippen LogP contribution in [0.2, 0.25) is 0 Å². The number of fused-ring (bicyclic) bond motifs is 1. The number of hydrogen-bond donors (Lipinski definition) is 2. The lowest BCUT2D eigenvalue weighted by Crippen LogP contribution is -2.62. The van der Waals surface area contributed by atoms with Gasteiger partial charge in [0.05, 0.1) is 18.1 Å². The molecule has 0 aromatic carbocycles. The third-order valence-electron chi connectivity index (χ3n) is 7.38. The van der Waals surface area contributed by atoms with E-state index in [9.17, 15) is 28.0 Å². The molecule has 0 bridgehead atoms. The number of pyridine rings is 1. The number of hydrogen-bond acceptors (Lipinski definition) is 7. The predicted molar refractivity (Wildman–Crippen MR) is 123 cm³/mol. The van der Waals surface area contributed by atoms with Gasteiger partial charge in [0.15, 0.2) is 5.82 Å².